The quantitative estimate of drug-likeness (QED) is 0.856. The van der Waals surface area contributed by atoms with Crippen LogP contribution in [-0.2, 0) is 4.74 Å². The molecule has 1 aliphatic rings. The number of nitrogen functional groups attached to an aromatic ring is 1. The van der Waals surface area contributed by atoms with E-state index in [-0.39, 0.29) is 6.10 Å². The Kier molecular flexibility index (Phi) is 4.01. The maximum absolute atomic E-state index is 5.94. The summed E-state index contributed by atoms with van der Waals surface area (Å²) in [6.07, 6.45) is 5.18. The average molecular weight is 250 g/mol. The molecule has 0 radical (unpaired) electrons. The zero-order chi connectivity index (χ0) is 13.1. The van der Waals surface area contributed by atoms with E-state index in [2.05, 4.69) is 29.1 Å². The third-order valence-electron chi connectivity index (χ3n) is 3.57. The maximum atomic E-state index is 5.94. The Hall–Kier alpha value is -1.36. The van der Waals surface area contributed by atoms with E-state index in [0.29, 0.717) is 17.8 Å². The first kappa shape index (κ1) is 13.1. The highest BCUT2D eigenvalue weighted by molar-refractivity contribution is 5.57. The van der Waals surface area contributed by atoms with Gasteiger partial charge in [-0.05, 0) is 25.2 Å². The van der Waals surface area contributed by atoms with Gasteiger partial charge in [-0.25, -0.2) is 9.97 Å². The summed E-state index contributed by atoms with van der Waals surface area (Å²) in [5.41, 5.74) is 6.94. The summed E-state index contributed by atoms with van der Waals surface area (Å²) >= 11 is 0. The molecule has 0 spiro atoms. The van der Waals surface area contributed by atoms with Crippen LogP contribution in [0.5, 0.6) is 0 Å². The number of nitrogens with two attached hydrogens (primary N) is 1. The molecule has 0 saturated heterocycles. The van der Waals surface area contributed by atoms with Crippen molar-refractivity contribution in [3.8, 4) is 0 Å². The fraction of sp³-hybridized carbons (Fsp3) is 0.692. The van der Waals surface area contributed by atoms with Crippen LogP contribution < -0.4 is 11.1 Å². The largest absolute Gasteiger partial charge is 0.383 e. The van der Waals surface area contributed by atoms with Crippen LogP contribution in [0.25, 0.3) is 0 Å². The molecule has 18 heavy (non-hydrogen) atoms. The van der Waals surface area contributed by atoms with Gasteiger partial charge in [0, 0.05) is 12.7 Å². The summed E-state index contributed by atoms with van der Waals surface area (Å²) in [4.78, 5) is 8.41. The molecule has 1 aromatic rings. The lowest BCUT2D eigenvalue weighted by atomic mass is 10.0. The fourth-order valence-electron chi connectivity index (χ4n) is 2.64. The van der Waals surface area contributed by atoms with E-state index < -0.39 is 0 Å². The molecule has 1 heterocycles. The Morgan fingerprint density at radius 1 is 1.39 bits per heavy atom. The first-order valence-corrected chi connectivity index (χ1v) is 6.53. The second-order valence-corrected chi connectivity index (χ2v) is 5.13. The van der Waals surface area contributed by atoms with Gasteiger partial charge in [0.25, 0.3) is 0 Å². The molecule has 100 valence electrons. The Bertz CT molecular complexity index is 408. The van der Waals surface area contributed by atoms with Gasteiger partial charge >= 0.3 is 0 Å². The van der Waals surface area contributed by atoms with Crippen molar-refractivity contribution in [2.24, 2.45) is 0 Å². The van der Waals surface area contributed by atoms with Gasteiger partial charge in [-0.3, -0.25) is 0 Å². The van der Waals surface area contributed by atoms with Crippen molar-refractivity contribution in [3.05, 3.63) is 11.9 Å². The number of hydrogen-bond donors (Lipinski definition) is 2. The van der Waals surface area contributed by atoms with Gasteiger partial charge in [-0.2, -0.15) is 0 Å². The number of hydrogen-bond acceptors (Lipinski definition) is 5. The van der Waals surface area contributed by atoms with Crippen LogP contribution in [0.2, 0.25) is 0 Å². The molecular formula is C13H22N4O. The van der Waals surface area contributed by atoms with Crippen molar-refractivity contribution in [1.82, 2.24) is 9.97 Å². The molecule has 2 atom stereocenters. The van der Waals surface area contributed by atoms with E-state index >= 15 is 0 Å². The summed E-state index contributed by atoms with van der Waals surface area (Å²) in [7, 11) is 1.77. The molecule has 3 N–H and O–H groups in total. The predicted octanol–water partition coefficient (Wildman–Crippen LogP) is 2.16. The van der Waals surface area contributed by atoms with Crippen molar-refractivity contribution in [2.75, 3.05) is 18.2 Å². The van der Waals surface area contributed by atoms with E-state index in [0.717, 1.165) is 24.2 Å². The number of rotatable bonds is 4. The Labute approximate surface area is 108 Å². The number of ether oxygens (including phenoxy) is 1. The first-order valence-electron chi connectivity index (χ1n) is 6.53. The summed E-state index contributed by atoms with van der Waals surface area (Å²) in [5, 5.41) is 3.48. The van der Waals surface area contributed by atoms with E-state index in [9.17, 15) is 0 Å². The lowest BCUT2D eigenvalue weighted by Gasteiger charge is -2.23. The second-order valence-electron chi connectivity index (χ2n) is 5.13. The van der Waals surface area contributed by atoms with Gasteiger partial charge in [-0.1, -0.05) is 13.8 Å². The van der Waals surface area contributed by atoms with E-state index in [1.807, 2.05) is 0 Å². The molecule has 2 rings (SSSR count). The van der Waals surface area contributed by atoms with Crippen LogP contribution in [0.15, 0.2) is 6.33 Å². The van der Waals surface area contributed by atoms with Crippen molar-refractivity contribution >= 4 is 11.6 Å². The molecule has 5 nitrogen and oxygen atoms in total. The SMILES string of the molecule is COC1CCCC1Nc1ncnc(N)c1C(C)C. The Morgan fingerprint density at radius 3 is 2.83 bits per heavy atom. The minimum Gasteiger partial charge on any atom is -0.383 e. The predicted molar refractivity (Wildman–Crippen MR) is 72.6 cm³/mol. The Balaban J connectivity index is 2.21. The normalized spacial score (nSPS) is 23.6. The van der Waals surface area contributed by atoms with Gasteiger partial charge < -0.3 is 15.8 Å². The molecule has 1 saturated carbocycles. The molecule has 1 fully saturated rings. The third kappa shape index (κ3) is 2.56. The molecule has 2 unspecified atom stereocenters. The van der Waals surface area contributed by atoms with Crippen molar-refractivity contribution < 1.29 is 4.74 Å². The zero-order valence-corrected chi connectivity index (χ0v) is 11.3. The van der Waals surface area contributed by atoms with Gasteiger partial charge in [0.15, 0.2) is 0 Å². The summed E-state index contributed by atoms with van der Waals surface area (Å²) in [5.74, 6) is 1.72. The summed E-state index contributed by atoms with van der Waals surface area (Å²) < 4.78 is 5.49. The molecule has 1 aliphatic carbocycles. The second kappa shape index (κ2) is 5.52. The molecule has 0 aliphatic heterocycles. The highest BCUT2D eigenvalue weighted by Crippen LogP contribution is 2.30. The van der Waals surface area contributed by atoms with Crippen LogP contribution in [-0.4, -0.2) is 29.2 Å². The van der Waals surface area contributed by atoms with Crippen LogP contribution >= 0.6 is 0 Å². The number of nitrogens with zero attached hydrogens (tertiary/aromatic N) is 2. The zero-order valence-electron chi connectivity index (χ0n) is 11.3. The highest BCUT2D eigenvalue weighted by Gasteiger charge is 2.28. The van der Waals surface area contributed by atoms with Crippen LogP contribution in [0.1, 0.15) is 44.6 Å². The summed E-state index contributed by atoms with van der Waals surface area (Å²) in [6, 6.07) is 0.321. The number of aromatic nitrogens is 2. The van der Waals surface area contributed by atoms with Gasteiger partial charge in [0.2, 0.25) is 0 Å². The molecule has 1 aromatic heterocycles. The molecule has 0 amide bonds. The third-order valence-corrected chi connectivity index (χ3v) is 3.57. The number of nitrogens with one attached hydrogen (secondary N) is 1. The topological polar surface area (TPSA) is 73.1 Å². The minimum absolute atomic E-state index is 0.265. The highest BCUT2D eigenvalue weighted by atomic mass is 16.5. The van der Waals surface area contributed by atoms with Crippen LogP contribution in [0, 0.1) is 0 Å². The number of methoxy groups -OCH3 is 1. The summed E-state index contributed by atoms with van der Waals surface area (Å²) in [6.45, 7) is 4.20. The minimum atomic E-state index is 0.265. The molecule has 5 heteroatoms. The van der Waals surface area contributed by atoms with E-state index in [4.69, 9.17) is 10.5 Å². The molecular weight excluding hydrogens is 228 g/mol. The number of anilines is 2. The average Bonchev–Trinajstić information content (AvgIpc) is 2.76. The van der Waals surface area contributed by atoms with Gasteiger partial charge in [0.05, 0.1) is 12.1 Å². The van der Waals surface area contributed by atoms with Crippen molar-refractivity contribution in [1.29, 1.82) is 0 Å². The first-order chi connectivity index (χ1) is 8.63. The monoisotopic (exact) mass is 250 g/mol. The smallest absolute Gasteiger partial charge is 0.135 e. The van der Waals surface area contributed by atoms with Crippen molar-refractivity contribution in [3.63, 3.8) is 0 Å². The molecule has 0 bridgehead atoms. The van der Waals surface area contributed by atoms with Crippen LogP contribution in [0.3, 0.4) is 0 Å². The van der Waals surface area contributed by atoms with Gasteiger partial charge in [-0.15, -0.1) is 0 Å². The van der Waals surface area contributed by atoms with Gasteiger partial charge in [0.1, 0.15) is 18.0 Å². The van der Waals surface area contributed by atoms with E-state index in [1.54, 1.807) is 7.11 Å². The maximum Gasteiger partial charge on any atom is 0.135 e. The van der Waals surface area contributed by atoms with Crippen LogP contribution in [0.4, 0.5) is 11.6 Å². The van der Waals surface area contributed by atoms with Crippen molar-refractivity contribution in [2.45, 2.75) is 51.2 Å². The van der Waals surface area contributed by atoms with E-state index in [1.165, 1.54) is 12.7 Å². The Morgan fingerprint density at radius 2 is 2.17 bits per heavy atom. The standard InChI is InChI=1S/C13H22N4O/c1-8(2)11-12(14)15-7-16-13(11)17-9-5-4-6-10(9)18-3/h7-10H,4-6H2,1-3H3,(H3,14,15,16,17). The lowest BCUT2D eigenvalue weighted by molar-refractivity contribution is 0.101. The lowest BCUT2D eigenvalue weighted by Crippen LogP contribution is -2.30. The fourth-order valence-corrected chi connectivity index (χ4v) is 2.64. The molecule has 0 aromatic carbocycles.